The number of amides is 1. The molecule has 1 heterocycles. The van der Waals surface area contributed by atoms with Gasteiger partial charge in [-0.05, 0) is 26.7 Å². The van der Waals surface area contributed by atoms with E-state index in [1.807, 2.05) is 18.7 Å². The molecule has 1 saturated heterocycles. The largest absolute Gasteiger partial charge is 0.375 e. The zero-order valence-corrected chi connectivity index (χ0v) is 9.74. The van der Waals surface area contributed by atoms with E-state index in [1.165, 1.54) is 0 Å². The van der Waals surface area contributed by atoms with E-state index in [4.69, 9.17) is 10.5 Å². The van der Waals surface area contributed by atoms with Gasteiger partial charge in [0.15, 0.2) is 0 Å². The number of carbonyl (C=O) groups is 1. The molecule has 0 spiro atoms. The maximum absolute atomic E-state index is 11.8. The van der Waals surface area contributed by atoms with Crippen LogP contribution in [0.3, 0.4) is 0 Å². The molecular weight excluding hydrogens is 192 g/mol. The number of carbonyl (C=O) groups excluding carboxylic acids is 1. The second-order valence-corrected chi connectivity index (χ2v) is 4.39. The van der Waals surface area contributed by atoms with E-state index in [2.05, 4.69) is 0 Å². The lowest BCUT2D eigenvalue weighted by molar-refractivity contribution is -0.138. The van der Waals surface area contributed by atoms with Crippen LogP contribution in [0.25, 0.3) is 0 Å². The molecule has 15 heavy (non-hydrogen) atoms. The van der Waals surface area contributed by atoms with Crippen LogP contribution >= 0.6 is 0 Å². The van der Waals surface area contributed by atoms with Crippen LogP contribution in [0.1, 0.15) is 33.1 Å². The van der Waals surface area contributed by atoms with Crippen molar-refractivity contribution < 1.29 is 9.53 Å². The molecule has 0 aromatic heterocycles. The highest BCUT2D eigenvalue weighted by Crippen LogP contribution is 2.08. The minimum absolute atomic E-state index is 0.177. The van der Waals surface area contributed by atoms with Crippen molar-refractivity contribution in [2.24, 2.45) is 5.73 Å². The number of ether oxygens (including phenoxy) is 1. The summed E-state index contributed by atoms with van der Waals surface area (Å²) in [6.07, 6.45) is 2.61. The summed E-state index contributed by atoms with van der Waals surface area (Å²) in [7, 11) is 0. The van der Waals surface area contributed by atoms with E-state index in [9.17, 15) is 4.79 Å². The number of morpholine rings is 1. The van der Waals surface area contributed by atoms with Crippen LogP contribution in [0.5, 0.6) is 0 Å². The van der Waals surface area contributed by atoms with E-state index >= 15 is 0 Å². The normalized spacial score (nSPS) is 23.9. The molecule has 1 amide bonds. The van der Waals surface area contributed by atoms with Gasteiger partial charge in [0.25, 0.3) is 0 Å². The number of nitrogens with two attached hydrogens (primary N) is 1. The highest BCUT2D eigenvalue weighted by molar-refractivity contribution is 5.76. The van der Waals surface area contributed by atoms with Crippen molar-refractivity contribution in [2.45, 2.75) is 45.3 Å². The van der Waals surface area contributed by atoms with Crippen molar-refractivity contribution in [1.82, 2.24) is 4.90 Å². The minimum Gasteiger partial charge on any atom is -0.375 e. The molecule has 2 atom stereocenters. The summed E-state index contributed by atoms with van der Waals surface area (Å²) in [4.78, 5) is 13.7. The first kappa shape index (κ1) is 12.5. The monoisotopic (exact) mass is 214 g/mol. The third-order valence-corrected chi connectivity index (χ3v) is 2.64. The van der Waals surface area contributed by atoms with Gasteiger partial charge in [0.05, 0.1) is 12.7 Å². The Morgan fingerprint density at radius 3 is 3.00 bits per heavy atom. The van der Waals surface area contributed by atoms with Crippen LogP contribution in [-0.4, -0.2) is 42.6 Å². The Morgan fingerprint density at radius 1 is 1.67 bits per heavy atom. The van der Waals surface area contributed by atoms with Gasteiger partial charge < -0.3 is 15.4 Å². The highest BCUT2D eigenvalue weighted by atomic mass is 16.5. The fraction of sp³-hybridized carbons (Fsp3) is 0.909. The van der Waals surface area contributed by atoms with Crippen molar-refractivity contribution in [2.75, 3.05) is 19.7 Å². The lowest BCUT2D eigenvalue weighted by atomic mass is 10.1. The number of nitrogens with zero attached hydrogens (tertiary/aromatic N) is 1. The second kappa shape index (κ2) is 6.08. The third-order valence-electron chi connectivity index (χ3n) is 2.64. The summed E-state index contributed by atoms with van der Waals surface area (Å²) in [6, 6.07) is 0.196. The second-order valence-electron chi connectivity index (χ2n) is 4.39. The fourth-order valence-electron chi connectivity index (χ4n) is 1.78. The lowest BCUT2D eigenvalue weighted by Crippen LogP contribution is -2.44. The van der Waals surface area contributed by atoms with Crippen molar-refractivity contribution >= 4 is 5.91 Å². The first-order chi connectivity index (χ1) is 7.09. The van der Waals surface area contributed by atoms with E-state index in [-0.39, 0.29) is 18.1 Å². The SMILES string of the molecule is CC(N)CCCC(=O)N1CCOC(C)C1. The maximum atomic E-state index is 11.8. The zero-order valence-electron chi connectivity index (χ0n) is 9.74. The van der Waals surface area contributed by atoms with Gasteiger partial charge in [0.2, 0.25) is 5.91 Å². The number of hydrogen-bond acceptors (Lipinski definition) is 3. The summed E-state index contributed by atoms with van der Waals surface area (Å²) < 4.78 is 5.39. The molecule has 0 aromatic carbocycles. The fourth-order valence-corrected chi connectivity index (χ4v) is 1.78. The van der Waals surface area contributed by atoms with Crippen LogP contribution in [0.4, 0.5) is 0 Å². The molecule has 0 aromatic rings. The van der Waals surface area contributed by atoms with Crippen LogP contribution in [-0.2, 0) is 9.53 Å². The van der Waals surface area contributed by atoms with Gasteiger partial charge in [-0.2, -0.15) is 0 Å². The van der Waals surface area contributed by atoms with Crippen LogP contribution < -0.4 is 5.73 Å². The minimum atomic E-state index is 0.177. The van der Waals surface area contributed by atoms with Gasteiger partial charge in [-0.25, -0.2) is 0 Å². The zero-order chi connectivity index (χ0) is 11.3. The first-order valence-electron chi connectivity index (χ1n) is 5.74. The van der Waals surface area contributed by atoms with E-state index in [0.717, 1.165) is 25.9 Å². The van der Waals surface area contributed by atoms with Crippen molar-refractivity contribution in [3.63, 3.8) is 0 Å². The first-order valence-corrected chi connectivity index (χ1v) is 5.74. The topological polar surface area (TPSA) is 55.6 Å². The Hall–Kier alpha value is -0.610. The van der Waals surface area contributed by atoms with Crippen molar-refractivity contribution in [1.29, 1.82) is 0 Å². The van der Waals surface area contributed by atoms with Crippen LogP contribution in [0.2, 0.25) is 0 Å². The summed E-state index contributed by atoms with van der Waals surface area (Å²) in [5.74, 6) is 0.241. The molecule has 4 nitrogen and oxygen atoms in total. The Bertz CT molecular complexity index is 207. The van der Waals surface area contributed by atoms with Crippen molar-refractivity contribution in [3.05, 3.63) is 0 Å². The molecule has 1 aliphatic heterocycles. The van der Waals surface area contributed by atoms with Gasteiger partial charge in [0.1, 0.15) is 0 Å². The summed E-state index contributed by atoms with van der Waals surface area (Å²) in [5, 5.41) is 0. The molecule has 0 aliphatic carbocycles. The Kier molecular flexibility index (Phi) is 5.05. The molecular formula is C11H22N2O2. The summed E-state index contributed by atoms with van der Waals surface area (Å²) in [5.41, 5.74) is 5.63. The van der Waals surface area contributed by atoms with Gasteiger partial charge >= 0.3 is 0 Å². The van der Waals surface area contributed by atoms with Crippen LogP contribution in [0.15, 0.2) is 0 Å². The predicted molar refractivity (Wildman–Crippen MR) is 59.5 cm³/mol. The molecule has 1 fully saturated rings. The molecule has 2 unspecified atom stereocenters. The van der Waals surface area contributed by atoms with Gasteiger partial charge in [-0.1, -0.05) is 0 Å². The molecule has 4 heteroatoms. The Labute approximate surface area is 91.8 Å². The van der Waals surface area contributed by atoms with E-state index in [0.29, 0.717) is 13.0 Å². The number of rotatable bonds is 4. The molecule has 0 bridgehead atoms. The highest BCUT2D eigenvalue weighted by Gasteiger charge is 2.20. The maximum Gasteiger partial charge on any atom is 0.222 e. The summed E-state index contributed by atoms with van der Waals surface area (Å²) in [6.45, 7) is 6.11. The molecule has 1 rings (SSSR count). The average Bonchev–Trinajstić information content (AvgIpc) is 2.17. The average molecular weight is 214 g/mol. The van der Waals surface area contributed by atoms with Gasteiger partial charge in [-0.3, -0.25) is 4.79 Å². The molecule has 0 saturated carbocycles. The smallest absolute Gasteiger partial charge is 0.222 e. The Balaban J connectivity index is 2.21. The third kappa shape index (κ3) is 4.62. The predicted octanol–water partition coefficient (Wildman–Crippen LogP) is 0.751. The number of hydrogen-bond donors (Lipinski definition) is 1. The standard InChI is InChI=1S/C11H22N2O2/c1-9(12)4-3-5-11(14)13-6-7-15-10(2)8-13/h9-10H,3-8,12H2,1-2H3. The molecule has 2 N–H and O–H groups in total. The molecule has 1 aliphatic rings. The van der Waals surface area contributed by atoms with E-state index < -0.39 is 0 Å². The van der Waals surface area contributed by atoms with Crippen molar-refractivity contribution in [3.8, 4) is 0 Å². The van der Waals surface area contributed by atoms with Gasteiger partial charge in [-0.15, -0.1) is 0 Å². The molecule has 88 valence electrons. The summed E-state index contributed by atoms with van der Waals surface area (Å²) >= 11 is 0. The molecule has 0 radical (unpaired) electrons. The Morgan fingerprint density at radius 2 is 2.40 bits per heavy atom. The quantitative estimate of drug-likeness (QED) is 0.751. The van der Waals surface area contributed by atoms with Crippen LogP contribution in [0, 0.1) is 0 Å². The lowest BCUT2D eigenvalue weighted by Gasteiger charge is -2.31. The van der Waals surface area contributed by atoms with E-state index in [1.54, 1.807) is 0 Å². The van der Waals surface area contributed by atoms with Gasteiger partial charge in [0, 0.05) is 25.6 Å².